The van der Waals surface area contributed by atoms with Crippen LogP contribution in [0.25, 0.3) is 5.69 Å². The summed E-state index contributed by atoms with van der Waals surface area (Å²) in [6, 6.07) is 11.9. The molecule has 1 fully saturated rings. The Balaban J connectivity index is 1.21. The van der Waals surface area contributed by atoms with Crippen LogP contribution in [0, 0.1) is 0 Å². The molecule has 0 saturated carbocycles. The van der Waals surface area contributed by atoms with Crippen molar-refractivity contribution in [2.45, 2.75) is 6.42 Å². The van der Waals surface area contributed by atoms with E-state index in [4.69, 9.17) is 0 Å². The van der Waals surface area contributed by atoms with E-state index in [0.29, 0.717) is 19.6 Å². The highest BCUT2D eigenvalue weighted by Crippen LogP contribution is 2.11. The number of urea groups is 1. The molecular weight excluding hydrogens is 354 g/mol. The molecule has 1 N–H and O–H groups in total. The van der Waals surface area contributed by atoms with Crippen molar-refractivity contribution in [1.29, 1.82) is 0 Å². The average Bonchev–Trinajstić information content (AvgIpc) is 3.30. The fraction of sp³-hybridized carbons (Fsp3) is 0.300. The summed E-state index contributed by atoms with van der Waals surface area (Å²) in [6.07, 6.45) is 7.95. The number of anilines is 1. The quantitative estimate of drug-likeness (QED) is 0.733. The lowest BCUT2D eigenvalue weighted by molar-refractivity contribution is 0.194. The van der Waals surface area contributed by atoms with Gasteiger partial charge in [-0.05, 0) is 36.2 Å². The van der Waals surface area contributed by atoms with Crippen LogP contribution in [0.5, 0.6) is 0 Å². The van der Waals surface area contributed by atoms with Gasteiger partial charge in [0.25, 0.3) is 0 Å². The lowest BCUT2D eigenvalue weighted by Gasteiger charge is -2.34. The number of carbonyl (C=O) groups is 1. The van der Waals surface area contributed by atoms with Crippen molar-refractivity contribution >= 4 is 12.0 Å². The number of rotatable bonds is 5. The Morgan fingerprint density at radius 1 is 0.964 bits per heavy atom. The fourth-order valence-corrected chi connectivity index (χ4v) is 3.23. The van der Waals surface area contributed by atoms with Crippen molar-refractivity contribution in [2.24, 2.45) is 0 Å². The zero-order valence-corrected chi connectivity index (χ0v) is 15.6. The summed E-state index contributed by atoms with van der Waals surface area (Å²) in [5.74, 6) is 0.723. The van der Waals surface area contributed by atoms with Gasteiger partial charge in [0, 0.05) is 57.5 Å². The predicted molar refractivity (Wildman–Crippen MR) is 106 cm³/mol. The number of carbonyl (C=O) groups excluding carboxylic acids is 1. The number of hydrogen-bond donors (Lipinski definition) is 1. The summed E-state index contributed by atoms with van der Waals surface area (Å²) in [7, 11) is 0. The molecule has 0 unspecified atom stereocenters. The second kappa shape index (κ2) is 8.51. The molecule has 2 amide bonds. The summed E-state index contributed by atoms with van der Waals surface area (Å²) in [6.45, 7) is 3.44. The lowest BCUT2D eigenvalue weighted by atomic mass is 10.1. The normalized spacial score (nSPS) is 14.1. The summed E-state index contributed by atoms with van der Waals surface area (Å²) < 4.78 is 1.83. The van der Waals surface area contributed by atoms with E-state index in [9.17, 15) is 4.79 Å². The molecule has 28 heavy (non-hydrogen) atoms. The topological polar surface area (TPSA) is 79.2 Å². The van der Waals surface area contributed by atoms with Crippen LogP contribution in [0.4, 0.5) is 10.7 Å². The molecule has 2 aromatic heterocycles. The van der Waals surface area contributed by atoms with Crippen LogP contribution < -0.4 is 10.2 Å². The zero-order chi connectivity index (χ0) is 19.2. The minimum absolute atomic E-state index is 0.0122. The highest BCUT2D eigenvalue weighted by molar-refractivity contribution is 5.74. The van der Waals surface area contributed by atoms with Crippen LogP contribution in [-0.2, 0) is 6.42 Å². The van der Waals surface area contributed by atoms with Crippen LogP contribution in [0.3, 0.4) is 0 Å². The predicted octanol–water partition coefficient (Wildman–Crippen LogP) is 1.74. The Hall–Kier alpha value is -3.42. The third-order valence-electron chi connectivity index (χ3n) is 4.80. The van der Waals surface area contributed by atoms with Crippen LogP contribution in [-0.4, -0.2) is 63.4 Å². The Kier molecular flexibility index (Phi) is 5.46. The van der Waals surface area contributed by atoms with Crippen molar-refractivity contribution in [3.63, 3.8) is 0 Å². The van der Waals surface area contributed by atoms with Gasteiger partial charge in [-0.25, -0.2) is 19.4 Å². The second-order valence-electron chi connectivity index (χ2n) is 6.62. The van der Waals surface area contributed by atoms with Gasteiger partial charge in [-0.2, -0.15) is 5.10 Å². The fourth-order valence-electron chi connectivity index (χ4n) is 3.23. The third-order valence-corrected chi connectivity index (χ3v) is 4.80. The summed E-state index contributed by atoms with van der Waals surface area (Å²) in [5, 5.41) is 7.24. The highest BCUT2D eigenvalue weighted by atomic mass is 16.2. The maximum absolute atomic E-state index is 12.4. The molecule has 8 nitrogen and oxygen atoms in total. The van der Waals surface area contributed by atoms with Gasteiger partial charge in [0.2, 0.25) is 5.95 Å². The molecular formula is C20H23N7O. The minimum Gasteiger partial charge on any atom is -0.338 e. The van der Waals surface area contributed by atoms with Crippen LogP contribution in [0.2, 0.25) is 0 Å². The molecule has 1 aliphatic rings. The second-order valence-corrected chi connectivity index (χ2v) is 6.62. The first kappa shape index (κ1) is 18.0. The Labute approximate surface area is 163 Å². The number of nitrogens with one attached hydrogen (secondary N) is 1. The molecule has 0 radical (unpaired) electrons. The molecule has 3 heterocycles. The van der Waals surface area contributed by atoms with E-state index < -0.39 is 0 Å². The van der Waals surface area contributed by atoms with Crippen molar-refractivity contribution in [1.82, 2.24) is 30.0 Å². The van der Waals surface area contributed by atoms with Gasteiger partial charge in [-0.3, -0.25) is 0 Å². The van der Waals surface area contributed by atoms with E-state index in [-0.39, 0.29) is 6.03 Å². The number of nitrogens with zero attached hydrogens (tertiary/aromatic N) is 6. The molecule has 144 valence electrons. The molecule has 4 rings (SSSR count). The van der Waals surface area contributed by atoms with Gasteiger partial charge < -0.3 is 15.1 Å². The highest BCUT2D eigenvalue weighted by Gasteiger charge is 2.22. The number of benzene rings is 1. The number of amides is 2. The van der Waals surface area contributed by atoms with E-state index >= 15 is 0 Å². The smallest absolute Gasteiger partial charge is 0.317 e. The molecule has 3 aromatic rings. The van der Waals surface area contributed by atoms with Crippen molar-refractivity contribution in [3.05, 3.63) is 66.7 Å². The van der Waals surface area contributed by atoms with E-state index in [1.165, 1.54) is 5.56 Å². The third kappa shape index (κ3) is 4.28. The van der Waals surface area contributed by atoms with Gasteiger partial charge in [-0.1, -0.05) is 12.1 Å². The standard InChI is InChI=1S/C20H23N7O/c28-20(26-15-13-25(14-16-26)19-21-8-1-9-22-19)23-11-7-17-3-5-18(6-4-17)27-12-2-10-24-27/h1-6,8-10,12H,7,11,13-16H2,(H,23,28). The molecule has 1 aliphatic heterocycles. The minimum atomic E-state index is -0.0122. The molecule has 0 atom stereocenters. The molecule has 0 spiro atoms. The summed E-state index contributed by atoms with van der Waals surface area (Å²) in [4.78, 5) is 24.9. The van der Waals surface area contributed by atoms with Gasteiger partial charge in [-0.15, -0.1) is 0 Å². The first-order valence-corrected chi connectivity index (χ1v) is 9.43. The largest absolute Gasteiger partial charge is 0.338 e. The maximum atomic E-state index is 12.4. The SMILES string of the molecule is O=C(NCCc1ccc(-n2cccn2)cc1)N1CCN(c2ncccn2)CC1. The van der Waals surface area contributed by atoms with E-state index in [2.05, 4.69) is 37.4 Å². The average molecular weight is 377 g/mol. The molecule has 1 aromatic carbocycles. The molecule has 1 saturated heterocycles. The number of piperazine rings is 1. The van der Waals surface area contributed by atoms with Gasteiger partial charge in [0.15, 0.2) is 0 Å². The van der Waals surface area contributed by atoms with Crippen molar-refractivity contribution < 1.29 is 4.79 Å². The molecule has 0 bridgehead atoms. The molecule has 8 heteroatoms. The lowest BCUT2D eigenvalue weighted by Crippen LogP contribution is -2.52. The Morgan fingerprint density at radius 2 is 1.71 bits per heavy atom. The number of hydrogen-bond acceptors (Lipinski definition) is 5. The van der Waals surface area contributed by atoms with Crippen LogP contribution >= 0.6 is 0 Å². The Morgan fingerprint density at radius 3 is 2.39 bits per heavy atom. The first-order chi connectivity index (χ1) is 13.8. The molecule has 0 aliphatic carbocycles. The monoisotopic (exact) mass is 377 g/mol. The Bertz CT molecular complexity index is 873. The van der Waals surface area contributed by atoms with Gasteiger partial charge in [0.05, 0.1) is 5.69 Å². The van der Waals surface area contributed by atoms with E-state index in [1.54, 1.807) is 24.7 Å². The summed E-state index contributed by atoms with van der Waals surface area (Å²) >= 11 is 0. The van der Waals surface area contributed by atoms with Crippen LogP contribution in [0.15, 0.2) is 61.2 Å². The van der Waals surface area contributed by atoms with E-state index in [0.717, 1.165) is 31.1 Å². The van der Waals surface area contributed by atoms with Gasteiger partial charge in [0.1, 0.15) is 0 Å². The zero-order valence-electron chi connectivity index (χ0n) is 15.6. The van der Waals surface area contributed by atoms with Crippen molar-refractivity contribution in [3.8, 4) is 5.69 Å². The number of aromatic nitrogens is 4. The van der Waals surface area contributed by atoms with Crippen molar-refractivity contribution in [2.75, 3.05) is 37.6 Å². The summed E-state index contributed by atoms with van der Waals surface area (Å²) in [5.41, 5.74) is 2.21. The van der Waals surface area contributed by atoms with Crippen LogP contribution in [0.1, 0.15) is 5.56 Å². The van der Waals surface area contributed by atoms with E-state index in [1.807, 2.05) is 34.0 Å². The first-order valence-electron chi connectivity index (χ1n) is 9.43. The van der Waals surface area contributed by atoms with Gasteiger partial charge >= 0.3 is 6.03 Å². The maximum Gasteiger partial charge on any atom is 0.317 e.